The van der Waals surface area contributed by atoms with Crippen molar-refractivity contribution in [3.63, 3.8) is 0 Å². The molecule has 5 heteroatoms. The van der Waals surface area contributed by atoms with Gasteiger partial charge in [-0.25, -0.2) is 9.78 Å². The Hall–Kier alpha value is -1.88. The topological polar surface area (TPSA) is 55.1 Å². The van der Waals surface area contributed by atoms with Crippen LogP contribution in [0.1, 0.15) is 59.9 Å². The van der Waals surface area contributed by atoms with Gasteiger partial charge in [0.15, 0.2) is 0 Å². The highest BCUT2D eigenvalue weighted by atomic mass is 32.1. The second-order valence-electron chi connectivity index (χ2n) is 6.85. The fourth-order valence-electron chi connectivity index (χ4n) is 4.11. The van der Waals surface area contributed by atoms with Gasteiger partial charge in [0.1, 0.15) is 0 Å². The lowest BCUT2D eigenvalue weighted by atomic mass is 9.83. The number of rotatable bonds is 4. The van der Waals surface area contributed by atoms with E-state index in [0.717, 1.165) is 12.0 Å². The molecule has 0 bridgehead atoms. The zero-order valence-corrected chi connectivity index (χ0v) is 14.5. The summed E-state index contributed by atoms with van der Waals surface area (Å²) in [5.74, 6) is -0.136. The number of fused-ring (bicyclic) bond motifs is 1. The molecule has 0 radical (unpaired) electrons. The van der Waals surface area contributed by atoms with Gasteiger partial charge < -0.3 is 9.67 Å². The second kappa shape index (κ2) is 6.55. The number of hydrogen-bond donors (Lipinski definition) is 1. The van der Waals surface area contributed by atoms with Gasteiger partial charge in [-0.3, -0.25) is 0 Å². The van der Waals surface area contributed by atoms with E-state index in [1.54, 1.807) is 0 Å². The summed E-state index contributed by atoms with van der Waals surface area (Å²) in [6.45, 7) is 0. The van der Waals surface area contributed by atoms with E-state index >= 15 is 0 Å². The van der Waals surface area contributed by atoms with E-state index in [-0.39, 0.29) is 0 Å². The van der Waals surface area contributed by atoms with Crippen LogP contribution in [0.25, 0.3) is 6.08 Å². The van der Waals surface area contributed by atoms with Gasteiger partial charge in [-0.2, -0.15) is 0 Å². The number of aryl methyl sites for hydroxylation is 1. The summed E-state index contributed by atoms with van der Waals surface area (Å²) in [5.41, 5.74) is 1.64. The van der Waals surface area contributed by atoms with Crippen molar-refractivity contribution in [2.24, 2.45) is 5.92 Å². The average molecular weight is 342 g/mol. The Labute approximate surface area is 145 Å². The Balaban J connectivity index is 1.70. The van der Waals surface area contributed by atoms with Crippen molar-refractivity contribution in [1.82, 2.24) is 9.55 Å². The van der Waals surface area contributed by atoms with Gasteiger partial charge in [0, 0.05) is 27.7 Å². The molecule has 2 aromatic heterocycles. The van der Waals surface area contributed by atoms with E-state index in [1.165, 1.54) is 41.9 Å². The number of imidazole rings is 1. The van der Waals surface area contributed by atoms with Crippen LogP contribution >= 0.6 is 11.3 Å². The maximum atomic E-state index is 11.3. The third kappa shape index (κ3) is 2.93. The van der Waals surface area contributed by atoms with Crippen molar-refractivity contribution in [2.45, 2.75) is 51.0 Å². The SMILES string of the molecule is O=C(O)C1=Cc2cc(C(C3CCCCC3)n3ccnc3)sc2CC1. The second-order valence-corrected chi connectivity index (χ2v) is 8.02. The Bertz CT molecular complexity index is 754. The minimum Gasteiger partial charge on any atom is -0.478 e. The van der Waals surface area contributed by atoms with Crippen LogP contribution in [-0.4, -0.2) is 20.6 Å². The predicted molar refractivity (Wildman–Crippen MR) is 95.2 cm³/mol. The van der Waals surface area contributed by atoms with E-state index in [2.05, 4.69) is 21.8 Å². The third-order valence-electron chi connectivity index (χ3n) is 5.32. The van der Waals surface area contributed by atoms with Crippen LogP contribution in [0.5, 0.6) is 0 Å². The average Bonchev–Trinajstić information content (AvgIpc) is 3.25. The molecule has 0 aromatic carbocycles. The molecule has 0 spiro atoms. The first-order valence-corrected chi connectivity index (χ1v) is 9.58. The van der Waals surface area contributed by atoms with E-state index in [9.17, 15) is 9.90 Å². The minimum atomic E-state index is -0.785. The molecule has 2 aromatic rings. The van der Waals surface area contributed by atoms with Crippen LogP contribution < -0.4 is 0 Å². The predicted octanol–water partition coefficient (Wildman–Crippen LogP) is 4.53. The van der Waals surface area contributed by atoms with Crippen molar-refractivity contribution < 1.29 is 9.90 Å². The highest BCUT2D eigenvalue weighted by Crippen LogP contribution is 2.42. The first kappa shape index (κ1) is 15.6. The molecule has 1 fully saturated rings. The number of aliphatic carboxylic acids is 1. The number of hydrogen-bond acceptors (Lipinski definition) is 3. The van der Waals surface area contributed by atoms with Crippen molar-refractivity contribution in [1.29, 1.82) is 0 Å². The molecule has 2 aliphatic carbocycles. The Kier molecular flexibility index (Phi) is 4.27. The van der Waals surface area contributed by atoms with Crippen LogP contribution in [0.3, 0.4) is 0 Å². The highest BCUT2D eigenvalue weighted by molar-refractivity contribution is 7.12. The van der Waals surface area contributed by atoms with E-state index in [1.807, 2.05) is 29.9 Å². The molecule has 1 unspecified atom stereocenters. The molecule has 2 aliphatic rings. The molecule has 0 aliphatic heterocycles. The number of carbonyl (C=O) groups is 1. The molecule has 24 heavy (non-hydrogen) atoms. The van der Waals surface area contributed by atoms with Gasteiger partial charge in [0.05, 0.1) is 12.4 Å². The Morgan fingerprint density at radius 3 is 2.83 bits per heavy atom. The summed E-state index contributed by atoms with van der Waals surface area (Å²) < 4.78 is 2.25. The van der Waals surface area contributed by atoms with Gasteiger partial charge in [0.25, 0.3) is 0 Å². The first-order chi connectivity index (χ1) is 11.7. The highest BCUT2D eigenvalue weighted by Gasteiger charge is 2.29. The molecule has 0 saturated heterocycles. The van der Waals surface area contributed by atoms with E-state index < -0.39 is 5.97 Å². The van der Waals surface area contributed by atoms with Crippen molar-refractivity contribution >= 4 is 23.4 Å². The summed E-state index contributed by atoms with van der Waals surface area (Å²) in [5, 5.41) is 9.26. The molecule has 4 rings (SSSR count). The molecule has 1 saturated carbocycles. The van der Waals surface area contributed by atoms with Gasteiger partial charge in [-0.15, -0.1) is 11.3 Å². The quantitative estimate of drug-likeness (QED) is 0.888. The van der Waals surface area contributed by atoms with Gasteiger partial charge >= 0.3 is 5.97 Å². The largest absolute Gasteiger partial charge is 0.478 e. The summed E-state index contributed by atoms with van der Waals surface area (Å²) >= 11 is 1.86. The zero-order valence-electron chi connectivity index (χ0n) is 13.6. The fourth-order valence-corrected chi connectivity index (χ4v) is 5.46. The molecule has 1 atom stereocenters. The summed E-state index contributed by atoms with van der Waals surface area (Å²) in [4.78, 5) is 18.2. The third-order valence-corrected chi connectivity index (χ3v) is 6.60. The molecule has 0 amide bonds. The van der Waals surface area contributed by atoms with E-state index in [0.29, 0.717) is 24.0 Å². The monoisotopic (exact) mass is 342 g/mol. The van der Waals surface area contributed by atoms with Gasteiger partial charge in [0.2, 0.25) is 0 Å². The fraction of sp³-hybridized carbons (Fsp3) is 0.474. The molecular weight excluding hydrogens is 320 g/mol. The molecule has 4 nitrogen and oxygen atoms in total. The van der Waals surface area contributed by atoms with Gasteiger partial charge in [-0.1, -0.05) is 19.3 Å². The molecule has 2 heterocycles. The van der Waals surface area contributed by atoms with E-state index in [4.69, 9.17) is 0 Å². The molecular formula is C19H22N2O2S. The maximum absolute atomic E-state index is 11.3. The number of carboxylic acids is 1. The lowest BCUT2D eigenvalue weighted by Gasteiger charge is -2.30. The first-order valence-electron chi connectivity index (χ1n) is 8.76. The maximum Gasteiger partial charge on any atom is 0.331 e. The number of carboxylic acid groups (broad SMARTS) is 1. The van der Waals surface area contributed by atoms with Crippen LogP contribution in [-0.2, 0) is 11.2 Å². The standard InChI is InChI=1S/C19H22N2O2S/c22-19(23)14-6-7-16-15(10-14)11-17(24-16)18(21-9-8-20-12-21)13-4-2-1-3-5-13/h8-13,18H,1-7H2,(H,22,23). The van der Waals surface area contributed by atoms with Crippen LogP contribution in [0.2, 0.25) is 0 Å². The zero-order chi connectivity index (χ0) is 16.5. The number of thiophene rings is 1. The lowest BCUT2D eigenvalue weighted by Crippen LogP contribution is -2.21. The van der Waals surface area contributed by atoms with Crippen LogP contribution in [0.4, 0.5) is 0 Å². The Morgan fingerprint density at radius 2 is 2.12 bits per heavy atom. The Morgan fingerprint density at radius 1 is 1.29 bits per heavy atom. The lowest BCUT2D eigenvalue weighted by molar-refractivity contribution is -0.132. The number of nitrogens with zero attached hydrogens (tertiary/aromatic N) is 2. The molecule has 126 valence electrons. The van der Waals surface area contributed by atoms with Crippen LogP contribution in [0.15, 0.2) is 30.4 Å². The summed E-state index contributed by atoms with van der Waals surface area (Å²) in [6, 6.07) is 2.56. The van der Waals surface area contributed by atoms with Crippen molar-refractivity contribution in [3.05, 3.63) is 45.7 Å². The summed E-state index contributed by atoms with van der Waals surface area (Å²) in [7, 11) is 0. The van der Waals surface area contributed by atoms with Crippen molar-refractivity contribution in [3.8, 4) is 0 Å². The van der Waals surface area contributed by atoms with Gasteiger partial charge in [-0.05, 0) is 49.3 Å². The number of aromatic nitrogens is 2. The van der Waals surface area contributed by atoms with Crippen molar-refractivity contribution in [2.75, 3.05) is 0 Å². The summed E-state index contributed by atoms with van der Waals surface area (Å²) in [6.07, 6.45) is 15.7. The normalized spacial score (nSPS) is 19.6. The minimum absolute atomic E-state index is 0.338. The smallest absolute Gasteiger partial charge is 0.331 e. The molecule has 1 N–H and O–H groups in total. The van der Waals surface area contributed by atoms with Crippen LogP contribution in [0, 0.1) is 5.92 Å².